The minimum atomic E-state index is -3.10. The van der Waals surface area contributed by atoms with Crippen molar-refractivity contribution in [3.63, 3.8) is 0 Å². The largest absolute Gasteiger partial charge is 0.481 e. The van der Waals surface area contributed by atoms with E-state index in [2.05, 4.69) is 4.72 Å². The van der Waals surface area contributed by atoms with Crippen molar-refractivity contribution >= 4 is 27.5 Å². The molecule has 0 amide bonds. The molecule has 0 saturated heterocycles. The van der Waals surface area contributed by atoms with E-state index in [1.54, 1.807) is 12.1 Å². The Hall–Kier alpha value is -2.67. The van der Waals surface area contributed by atoms with Crippen molar-refractivity contribution in [3.8, 4) is 0 Å². The highest BCUT2D eigenvalue weighted by atomic mass is 32.2. The maximum Gasteiger partial charge on any atom is 0.303 e. The fourth-order valence-electron chi connectivity index (χ4n) is 2.40. The molecule has 0 unspecified atom stereocenters. The summed E-state index contributed by atoms with van der Waals surface area (Å²) in [6.07, 6.45) is 1.20. The molecule has 0 spiro atoms. The lowest BCUT2D eigenvalue weighted by atomic mass is 10.1. The Morgan fingerprint density at radius 3 is 2.19 bits per heavy atom. The molecule has 2 aliphatic rings. The number of carbonyl (C=O) groups is 2. The van der Waals surface area contributed by atoms with Crippen molar-refractivity contribution < 1.29 is 23.1 Å². The second-order valence-corrected chi connectivity index (χ2v) is 7.70. The molecule has 4 rings (SSSR count). The number of hydrogen-bond donors (Lipinski definition) is 2. The Morgan fingerprint density at radius 2 is 1.58 bits per heavy atom. The van der Waals surface area contributed by atoms with Crippen LogP contribution in [0.3, 0.4) is 0 Å². The summed E-state index contributed by atoms with van der Waals surface area (Å²) in [6, 6.07) is 16.9. The zero-order valence-electron chi connectivity index (χ0n) is 14.2. The molecule has 2 aliphatic heterocycles. The number of carboxylic acid groups (broad SMARTS) is 1. The zero-order chi connectivity index (χ0) is 19.0. The molecule has 26 heavy (non-hydrogen) atoms. The van der Waals surface area contributed by atoms with Gasteiger partial charge in [0.2, 0.25) is 10.0 Å². The maximum absolute atomic E-state index is 11.3. The van der Waals surface area contributed by atoms with Gasteiger partial charge in [-0.15, -0.1) is 0 Å². The molecule has 0 aromatic heterocycles. The van der Waals surface area contributed by atoms with Crippen LogP contribution in [0.5, 0.6) is 0 Å². The maximum atomic E-state index is 11.3. The summed E-state index contributed by atoms with van der Waals surface area (Å²) >= 11 is 0. The number of Topliss-reactive ketones (excluding diaryl/α,β-unsaturated/α-hetero) is 1. The number of aryl methyl sites for hydroxylation is 1. The van der Waals surface area contributed by atoms with Crippen molar-refractivity contribution in [3.05, 3.63) is 65.7 Å². The first-order valence-corrected chi connectivity index (χ1v) is 9.86. The van der Waals surface area contributed by atoms with Gasteiger partial charge in [-0.2, -0.15) is 0 Å². The number of sulfonamides is 1. The third kappa shape index (κ3) is 7.06. The fraction of sp³-hybridized carbons (Fsp3) is 0.263. The van der Waals surface area contributed by atoms with Gasteiger partial charge in [0.05, 0.1) is 12.2 Å². The summed E-state index contributed by atoms with van der Waals surface area (Å²) in [5.41, 5.74) is 2.59. The molecule has 6 nitrogen and oxygen atoms in total. The van der Waals surface area contributed by atoms with Gasteiger partial charge in [0, 0.05) is 18.5 Å². The van der Waals surface area contributed by atoms with E-state index in [1.165, 1.54) is 0 Å². The summed E-state index contributed by atoms with van der Waals surface area (Å²) in [7, 11) is -3.10. The molecule has 2 aromatic carbocycles. The lowest BCUT2D eigenvalue weighted by Crippen LogP contribution is -2.11. The summed E-state index contributed by atoms with van der Waals surface area (Å²) in [6.45, 7) is 0. The second kappa shape index (κ2) is 9.15. The summed E-state index contributed by atoms with van der Waals surface area (Å²) < 4.78 is 24.6. The highest BCUT2D eigenvalue weighted by molar-refractivity contribution is 7.91. The molecule has 2 N–H and O–H groups in total. The first-order valence-electron chi connectivity index (χ1n) is 8.21. The highest BCUT2D eigenvalue weighted by Gasteiger charge is 2.15. The monoisotopic (exact) mass is 375 g/mol. The van der Waals surface area contributed by atoms with E-state index in [-0.39, 0.29) is 24.4 Å². The van der Waals surface area contributed by atoms with Crippen molar-refractivity contribution in [1.82, 2.24) is 0 Å². The summed E-state index contributed by atoms with van der Waals surface area (Å²) in [5, 5.41) is 8.40. The van der Waals surface area contributed by atoms with E-state index >= 15 is 0 Å². The Kier molecular flexibility index (Phi) is 6.91. The first-order chi connectivity index (χ1) is 12.3. The van der Waals surface area contributed by atoms with Gasteiger partial charge < -0.3 is 5.11 Å². The molecule has 138 valence electrons. The minimum absolute atomic E-state index is 0.0150. The average Bonchev–Trinajstić information content (AvgIpc) is 2.85. The van der Waals surface area contributed by atoms with Crippen LogP contribution in [0.2, 0.25) is 0 Å². The SMILES string of the molecule is O=C(O)CCC(=O)CCc1ccccc1.O=S1(=O)Cc2ccc(cc2)N1. The Morgan fingerprint density at radius 1 is 0.923 bits per heavy atom. The molecule has 0 saturated carbocycles. The van der Waals surface area contributed by atoms with Gasteiger partial charge in [-0.05, 0) is 29.7 Å². The standard InChI is InChI=1S/C12H14O3.C7H7NO2S/c13-11(8-9-12(14)15)7-6-10-4-2-1-3-5-10;9-11(10)5-6-1-3-7(8-11)4-2-6/h1-5H,6-9H2,(H,14,15);1-4,8H,5H2. The zero-order valence-corrected chi connectivity index (χ0v) is 15.0. The van der Waals surface area contributed by atoms with E-state index in [0.717, 1.165) is 11.1 Å². The van der Waals surface area contributed by atoms with Gasteiger partial charge in [-0.3, -0.25) is 14.3 Å². The fourth-order valence-corrected chi connectivity index (χ4v) is 3.60. The van der Waals surface area contributed by atoms with Gasteiger partial charge in [-0.25, -0.2) is 8.42 Å². The van der Waals surface area contributed by atoms with E-state index in [4.69, 9.17) is 5.11 Å². The molecule has 0 atom stereocenters. The molecule has 2 aromatic rings. The average molecular weight is 375 g/mol. The molecule has 2 heterocycles. The van der Waals surface area contributed by atoms with Crippen molar-refractivity contribution in [2.24, 2.45) is 0 Å². The van der Waals surface area contributed by atoms with E-state index in [0.29, 0.717) is 18.5 Å². The number of benzene rings is 2. The molecule has 0 radical (unpaired) electrons. The van der Waals surface area contributed by atoms with Crippen molar-refractivity contribution in [2.75, 3.05) is 4.72 Å². The van der Waals surface area contributed by atoms with E-state index in [9.17, 15) is 18.0 Å². The van der Waals surface area contributed by atoms with Crippen molar-refractivity contribution in [1.29, 1.82) is 0 Å². The topological polar surface area (TPSA) is 101 Å². The number of carbonyl (C=O) groups excluding carboxylic acids is 1. The first kappa shape index (κ1) is 19.7. The Labute approximate surface area is 152 Å². The molecule has 0 aliphatic carbocycles. The quantitative estimate of drug-likeness (QED) is 0.808. The third-order valence-electron chi connectivity index (χ3n) is 3.74. The van der Waals surface area contributed by atoms with Gasteiger partial charge in [0.25, 0.3) is 0 Å². The van der Waals surface area contributed by atoms with E-state index in [1.807, 2.05) is 42.5 Å². The Balaban J connectivity index is 0.000000195. The number of ketones is 1. The van der Waals surface area contributed by atoms with E-state index < -0.39 is 16.0 Å². The van der Waals surface area contributed by atoms with Crippen LogP contribution in [0.1, 0.15) is 30.4 Å². The minimum Gasteiger partial charge on any atom is -0.481 e. The normalized spacial score (nSPS) is 13.7. The summed E-state index contributed by atoms with van der Waals surface area (Å²) in [5.74, 6) is -0.812. The van der Waals surface area contributed by atoms with Crippen LogP contribution in [0.15, 0.2) is 54.6 Å². The third-order valence-corrected chi connectivity index (χ3v) is 5.00. The van der Waals surface area contributed by atoms with Crippen LogP contribution in [-0.4, -0.2) is 25.3 Å². The van der Waals surface area contributed by atoms with Crippen LogP contribution >= 0.6 is 0 Å². The highest BCUT2D eigenvalue weighted by Crippen LogP contribution is 2.18. The number of anilines is 1. The predicted octanol–water partition coefficient (Wildman–Crippen LogP) is 3.00. The van der Waals surface area contributed by atoms with Gasteiger partial charge in [0.1, 0.15) is 5.78 Å². The van der Waals surface area contributed by atoms with Crippen LogP contribution in [0.25, 0.3) is 0 Å². The molecule has 0 fully saturated rings. The molecule has 7 heteroatoms. The number of fused-ring (bicyclic) bond motifs is 4. The lowest BCUT2D eigenvalue weighted by Gasteiger charge is -1.99. The van der Waals surface area contributed by atoms with Gasteiger partial charge >= 0.3 is 5.97 Å². The Bertz CT molecular complexity index is 814. The van der Waals surface area contributed by atoms with Crippen LogP contribution in [0.4, 0.5) is 5.69 Å². The lowest BCUT2D eigenvalue weighted by molar-refractivity contribution is -0.138. The number of nitrogens with one attached hydrogen (secondary N) is 1. The second-order valence-electron chi connectivity index (χ2n) is 5.98. The van der Waals surface area contributed by atoms with Crippen LogP contribution in [0, 0.1) is 0 Å². The number of carboxylic acids is 1. The van der Waals surface area contributed by atoms with Crippen LogP contribution < -0.4 is 4.72 Å². The smallest absolute Gasteiger partial charge is 0.303 e. The van der Waals surface area contributed by atoms with Gasteiger partial charge in [0.15, 0.2) is 0 Å². The number of rotatable bonds is 6. The molecular weight excluding hydrogens is 354 g/mol. The van der Waals surface area contributed by atoms with Crippen LogP contribution in [-0.2, 0) is 31.8 Å². The number of hydrogen-bond acceptors (Lipinski definition) is 4. The number of aliphatic carboxylic acids is 1. The predicted molar refractivity (Wildman–Crippen MR) is 99.3 cm³/mol. The molecular formula is C19H21NO5S. The van der Waals surface area contributed by atoms with Gasteiger partial charge in [-0.1, -0.05) is 42.5 Å². The summed E-state index contributed by atoms with van der Waals surface area (Å²) in [4.78, 5) is 21.5. The van der Waals surface area contributed by atoms with Crippen molar-refractivity contribution in [2.45, 2.75) is 31.4 Å². The molecule has 2 bridgehead atoms.